The molecule has 244 valence electrons. The van der Waals surface area contributed by atoms with Gasteiger partial charge < -0.3 is 34.5 Å². The van der Waals surface area contributed by atoms with Gasteiger partial charge in [-0.05, 0) is 60.7 Å². The molecule has 1 atom stereocenters. The maximum absolute atomic E-state index is 12.2. The zero-order valence-corrected chi connectivity index (χ0v) is 31.2. The van der Waals surface area contributed by atoms with Gasteiger partial charge in [-0.3, -0.25) is 4.79 Å². The monoisotopic (exact) mass is 651 g/mol. The van der Waals surface area contributed by atoms with Crippen LogP contribution < -0.4 is 75.1 Å². The molecule has 0 aliphatic carbocycles. The molecule has 0 aromatic heterocycles. The Morgan fingerprint density at radius 3 is 1.63 bits per heavy atom. The second kappa shape index (κ2) is 35.3. The molecule has 0 saturated carbocycles. The summed E-state index contributed by atoms with van der Waals surface area (Å²) in [6.45, 7) is 2.55. The fraction of sp³-hybridized carbons (Fsp3) is 0.613. The van der Waals surface area contributed by atoms with Crippen LogP contribution in [0.3, 0.4) is 0 Å². The Morgan fingerprint density at radius 2 is 1.16 bits per heavy atom. The maximum atomic E-state index is 12.2. The fourth-order valence-electron chi connectivity index (χ4n) is 3.36. The van der Waals surface area contributed by atoms with E-state index in [-0.39, 0.29) is 84.5 Å². The predicted molar refractivity (Wildman–Crippen MR) is 173 cm³/mol. The SMILES string of the molecule is CC#CC#CC#CC#CC#CC(=O)OC[C@H](COP(=O)([O-])[O-])OC(=O)CCCCCCCCCCCCCCC.N.[HH].[HH].[HH].[HH].[HH].[HH].[HH].[HH].[HH].[Na+].[Na+]. The molecule has 0 unspecified atom stereocenters. The van der Waals surface area contributed by atoms with Gasteiger partial charge >= 0.3 is 71.1 Å². The Bertz CT molecular complexity index is 1150. The predicted octanol–water partition coefficient (Wildman–Crippen LogP) is 0.189. The van der Waals surface area contributed by atoms with E-state index in [1.54, 1.807) is 6.92 Å². The van der Waals surface area contributed by atoms with Gasteiger partial charge in [0.05, 0.1) is 14.4 Å². The van der Waals surface area contributed by atoms with Crippen LogP contribution in [0, 0.1) is 59.2 Å². The number of hydrogen-bond donors (Lipinski definition) is 1. The van der Waals surface area contributed by atoms with Crippen molar-refractivity contribution >= 4 is 19.8 Å². The first-order chi connectivity index (χ1) is 19.3. The number of phosphoric acid groups is 1. The van der Waals surface area contributed by atoms with Gasteiger partial charge in [-0.2, -0.15) is 0 Å². The van der Waals surface area contributed by atoms with Crippen LogP contribution in [0.1, 0.15) is 117 Å². The van der Waals surface area contributed by atoms with E-state index in [1.807, 2.05) is 0 Å². The molecule has 0 amide bonds. The third-order valence-corrected chi connectivity index (χ3v) is 5.79. The average molecular weight is 652 g/mol. The topological polar surface area (TPSA) is 160 Å². The largest absolute Gasteiger partial charge is 1.00 e. The molecule has 0 aromatic carbocycles. The molecule has 0 heterocycles. The first kappa shape index (κ1) is 48.7. The van der Waals surface area contributed by atoms with E-state index in [0.29, 0.717) is 6.42 Å². The van der Waals surface area contributed by atoms with E-state index in [9.17, 15) is 23.9 Å². The van der Waals surface area contributed by atoms with Crippen molar-refractivity contribution in [2.75, 3.05) is 13.2 Å². The number of phosphoric ester groups is 1. The van der Waals surface area contributed by atoms with E-state index in [1.165, 1.54) is 57.8 Å². The van der Waals surface area contributed by atoms with Crippen molar-refractivity contribution in [3.63, 3.8) is 0 Å². The summed E-state index contributed by atoms with van der Waals surface area (Å²) >= 11 is 0. The summed E-state index contributed by atoms with van der Waals surface area (Å²) < 4.78 is 25.0. The van der Waals surface area contributed by atoms with Crippen molar-refractivity contribution in [2.24, 2.45) is 0 Å². The summed E-state index contributed by atoms with van der Waals surface area (Å²) in [4.78, 5) is 45.5. The van der Waals surface area contributed by atoms with E-state index < -0.39 is 39.1 Å². The first-order valence-corrected chi connectivity index (χ1v) is 15.2. The molecule has 0 saturated heterocycles. The van der Waals surface area contributed by atoms with Gasteiger partial charge in [-0.15, -0.1) is 0 Å². The smallest absolute Gasteiger partial charge is 0.790 e. The molecular formula is C31H60NNa2O8P. The summed E-state index contributed by atoms with van der Waals surface area (Å²) in [5, 5.41) is 0. The summed E-state index contributed by atoms with van der Waals surface area (Å²) in [7, 11) is -5.31. The van der Waals surface area contributed by atoms with Crippen molar-refractivity contribution < 1.29 is 110 Å². The average Bonchev–Trinajstić information content (AvgIpc) is 2.91. The van der Waals surface area contributed by atoms with Crippen molar-refractivity contribution in [3.05, 3.63) is 0 Å². The van der Waals surface area contributed by atoms with Crippen molar-refractivity contribution in [1.29, 1.82) is 0 Å². The van der Waals surface area contributed by atoms with Crippen molar-refractivity contribution in [3.8, 4) is 59.2 Å². The molecule has 3 N–H and O–H groups in total. The van der Waals surface area contributed by atoms with Crippen LogP contribution in [0.25, 0.3) is 0 Å². The quantitative estimate of drug-likeness (QED) is 0.0484. The van der Waals surface area contributed by atoms with Crippen molar-refractivity contribution in [1.82, 2.24) is 6.15 Å². The molecule has 0 radical (unpaired) electrons. The van der Waals surface area contributed by atoms with Crippen LogP contribution in [0.4, 0.5) is 0 Å². The van der Waals surface area contributed by atoms with Crippen LogP contribution >= 0.6 is 7.82 Å². The first-order valence-electron chi connectivity index (χ1n) is 13.7. The minimum Gasteiger partial charge on any atom is -0.790 e. The van der Waals surface area contributed by atoms with Gasteiger partial charge in [0.1, 0.15) is 6.61 Å². The Balaban J connectivity index is -0.000000115. The van der Waals surface area contributed by atoms with Crippen molar-refractivity contribution in [2.45, 2.75) is 110 Å². The minimum absolute atomic E-state index is 0. The van der Waals surface area contributed by atoms with Gasteiger partial charge in [0.25, 0.3) is 0 Å². The van der Waals surface area contributed by atoms with Crippen LogP contribution in [0.5, 0.6) is 0 Å². The Kier molecular flexibility index (Phi) is 40.0. The van der Waals surface area contributed by atoms with E-state index >= 15 is 0 Å². The number of rotatable bonds is 20. The third-order valence-electron chi connectivity index (χ3n) is 5.33. The van der Waals surface area contributed by atoms with Crippen LogP contribution in [0.2, 0.25) is 0 Å². The Morgan fingerprint density at radius 1 is 0.721 bits per heavy atom. The molecule has 0 aromatic rings. The molecule has 43 heavy (non-hydrogen) atoms. The standard InChI is InChI=1S/C31H41O8P.H3N.2Na.9H2/c1-3-5-7-9-11-13-14-15-16-18-20-22-24-26-31(33)39-29(28-38-40(34,35)36)27-37-30(32)25-23-21-19-17-12-10-8-6-4-2;;;;;;;;;;;;/h29H,3,5,7,9,11,13-16,18,20,22,24,26-28H2,1-2H3,(H2,34,35,36);1H3;;;9*1H/q;;2*+1;;;;;;;;;/p-2/t29-;;;;;;;;;;;;/m1............/s1. The van der Waals surface area contributed by atoms with Gasteiger partial charge in [0.2, 0.25) is 0 Å². The molecule has 0 spiro atoms. The molecule has 0 aliphatic rings. The normalized spacial score (nSPS) is 9.67. The molecule has 0 rings (SSSR count). The number of unbranched alkanes of at least 4 members (excludes halogenated alkanes) is 12. The van der Waals surface area contributed by atoms with Gasteiger partial charge in [0.15, 0.2) is 6.10 Å². The van der Waals surface area contributed by atoms with Gasteiger partial charge in [-0.1, -0.05) is 89.9 Å². The van der Waals surface area contributed by atoms with E-state index in [2.05, 4.69) is 70.7 Å². The third kappa shape index (κ3) is 38.8. The van der Waals surface area contributed by atoms with E-state index in [0.717, 1.165) is 19.3 Å². The number of ether oxygens (including phenoxy) is 2. The molecule has 12 heteroatoms. The Hall–Kier alpha value is -1.19. The second-order valence-electron chi connectivity index (χ2n) is 8.82. The summed E-state index contributed by atoms with van der Waals surface area (Å²) in [6, 6.07) is 0. The van der Waals surface area contributed by atoms with Crippen LogP contribution in [-0.2, 0) is 28.2 Å². The zero-order chi connectivity index (χ0) is 29.7. The second-order valence-corrected chi connectivity index (χ2v) is 9.97. The number of carbonyl (C=O) groups is 2. The number of hydrogen-bond acceptors (Lipinski definition) is 9. The van der Waals surface area contributed by atoms with Crippen LogP contribution in [0.15, 0.2) is 0 Å². The molecule has 0 bridgehead atoms. The number of esters is 2. The fourth-order valence-corrected chi connectivity index (χ4v) is 3.71. The zero-order valence-electron chi connectivity index (χ0n) is 26.3. The Labute approximate surface area is 316 Å². The minimum atomic E-state index is -5.31. The maximum Gasteiger partial charge on any atom is 1.00 e. The summed E-state index contributed by atoms with van der Waals surface area (Å²) in [5.41, 5.74) is 0. The molecule has 9 nitrogen and oxygen atoms in total. The number of carbonyl (C=O) groups excluding carboxylic acids is 2. The van der Waals surface area contributed by atoms with Gasteiger partial charge in [-0.25, -0.2) is 4.79 Å². The summed E-state index contributed by atoms with van der Waals surface area (Å²) in [5.74, 6) is 22.2. The van der Waals surface area contributed by atoms with Gasteiger partial charge in [0, 0.05) is 25.2 Å². The summed E-state index contributed by atoms with van der Waals surface area (Å²) in [6.07, 6.45) is 14.0. The molecular weight excluding hydrogens is 591 g/mol. The van der Waals surface area contributed by atoms with E-state index in [4.69, 9.17) is 9.47 Å². The molecule has 0 fully saturated rings. The van der Waals surface area contributed by atoms with Crippen LogP contribution in [-0.4, -0.2) is 31.3 Å². The molecule has 0 aliphatic heterocycles.